The molecule has 1 radical (unpaired) electrons. The first-order valence-electron chi connectivity index (χ1n) is 5.56. The molecule has 0 saturated carbocycles. The molecule has 0 bridgehead atoms. The zero-order chi connectivity index (χ0) is 12.4. The molecule has 1 aromatic carbocycles. The molecule has 1 rings (SSSR count). The SMILES string of the molecule is CC(C)(C)Oc1[c]c(OC(C)(C)C)ccc1. The van der Waals surface area contributed by atoms with Crippen LogP contribution in [0, 0.1) is 6.07 Å². The second kappa shape index (κ2) is 4.36. The summed E-state index contributed by atoms with van der Waals surface area (Å²) in [6.07, 6.45) is 0. The van der Waals surface area contributed by atoms with E-state index in [1.54, 1.807) is 0 Å². The van der Waals surface area contributed by atoms with E-state index < -0.39 is 0 Å². The highest BCUT2D eigenvalue weighted by atomic mass is 16.5. The lowest BCUT2D eigenvalue weighted by Gasteiger charge is -2.23. The fraction of sp³-hybridized carbons (Fsp3) is 0.571. The summed E-state index contributed by atoms with van der Waals surface area (Å²) in [5, 5.41) is 0. The van der Waals surface area contributed by atoms with Gasteiger partial charge in [-0.15, -0.1) is 0 Å². The van der Waals surface area contributed by atoms with Gasteiger partial charge in [0, 0.05) is 0 Å². The number of benzene rings is 1. The molecule has 0 saturated heterocycles. The number of rotatable bonds is 2. The van der Waals surface area contributed by atoms with E-state index in [0.29, 0.717) is 11.5 Å². The largest absolute Gasteiger partial charge is 0.487 e. The second-order valence-corrected chi connectivity index (χ2v) is 5.81. The van der Waals surface area contributed by atoms with Crippen LogP contribution >= 0.6 is 0 Å². The number of hydrogen-bond acceptors (Lipinski definition) is 2. The first-order chi connectivity index (χ1) is 7.16. The molecule has 89 valence electrons. The Morgan fingerprint density at radius 2 is 1.19 bits per heavy atom. The first-order valence-corrected chi connectivity index (χ1v) is 5.56. The predicted octanol–water partition coefficient (Wildman–Crippen LogP) is 3.84. The Balaban J connectivity index is 2.79. The summed E-state index contributed by atoms with van der Waals surface area (Å²) in [6.45, 7) is 12.1. The third kappa shape index (κ3) is 5.06. The van der Waals surface area contributed by atoms with Crippen molar-refractivity contribution in [1.29, 1.82) is 0 Å². The van der Waals surface area contributed by atoms with Crippen LogP contribution in [-0.2, 0) is 0 Å². The van der Waals surface area contributed by atoms with Gasteiger partial charge in [0.25, 0.3) is 0 Å². The van der Waals surface area contributed by atoms with Gasteiger partial charge < -0.3 is 9.47 Å². The first kappa shape index (κ1) is 12.9. The van der Waals surface area contributed by atoms with Crippen LogP contribution < -0.4 is 9.47 Å². The van der Waals surface area contributed by atoms with Crippen LogP contribution in [0.5, 0.6) is 11.5 Å². The smallest absolute Gasteiger partial charge is 0.131 e. The highest BCUT2D eigenvalue weighted by molar-refractivity contribution is 5.31. The molecule has 16 heavy (non-hydrogen) atoms. The van der Waals surface area contributed by atoms with Gasteiger partial charge in [-0.1, -0.05) is 6.07 Å². The highest BCUT2D eigenvalue weighted by Crippen LogP contribution is 2.24. The van der Waals surface area contributed by atoms with Crippen LogP contribution in [0.2, 0.25) is 0 Å². The maximum atomic E-state index is 5.72. The third-order valence-electron chi connectivity index (χ3n) is 1.57. The zero-order valence-electron chi connectivity index (χ0n) is 11.0. The Morgan fingerprint density at radius 3 is 1.50 bits per heavy atom. The normalized spacial score (nSPS) is 12.4. The standard InChI is InChI=1S/C14H21O2/c1-13(2,3)15-11-8-7-9-12(10-11)16-14(4,5)6/h7-9H,1-6H3. The molecule has 0 spiro atoms. The maximum Gasteiger partial charge on any atom is 0.131 e. The van der Waals surface area contributed by atoms with Crippen molar-refractivity contribution in [3.63, 3.8) is 0 Å². The van der Waals surface area contributed by atoms with E-state index >= 15 is 0 Å². The summed E-state index contributed by atoms with van der Waals surface area (Å²) in [6, 6.07) is 8.81. The summed E-state index contributed by atoms with van der Waals surface area (Å²) in [7, 11) is 0. The molecule has 0 unspecified atom stereocenters. The fourth-order valence-electron chi connectivity index (χ4n) is 1.21. The van der Waals surface area contributed by atoms with Crippen molar-refractivity contribution in [2.75, 3.05) is 0 Å². The third-order valence-corrected chi connectivity index (χ3v) is 1.57. The fourth-order valence-corrected chi connectivity index (χ4v) is 1.21. The average Bonchev–Trinajstić information content (AvgIpc) is 1.96. The molecule has 0 aromatic heterocycles. The van der Waals surface area contributed by atoms with Gasteiger partial charge in [0.2, 0.25) is 0 Å². The summed E-state index contributed by atoms with van der Waals surface area (Å²) >= 11 is 0. The Kier molecular flexibility index (Phi) is 3.51. The zero-order valence-corrected chi connectivity index (χ0v) is 11.0. The van der Waals surface area contributed by atoms with Gasteiger partial charge >= 0.3 is 0 Å². The van der Waals surface area contributed by atoms with E-state index in [1.165, 1.54) is 0 Å². The van der Waals surface area contributed by atoms with Crippen LogP contribution in [0.25, 0.3) is 0 Å². The monoisotopic (exact) mass is 221 g/mol. The summed E-state index contributed by atoms with van der Waals surface area (Å²) in [5.41, 5.74) is -0.423. The van der Waals surface area contributed by atoms with Gasteiger partial charge in [0.1, 0.15) is 22.7 Å². The number of hydrogen-bond donors (Lipinski definition) is 0. The summed E-state index contributed by atoms with van der Waals surface area (Å²) in [4.78, 5) is 0. The molecular formula is C14H21O2. The van der Waals surface area contributed by atoms with Crippen molar-refractivity contribution < 1.29 is 9.47 Å². The Bertz CT molecular complexity index is 311. The molecule has 0 aliphatic rings. The average molecular weight is 221 g/mol. The summed E-state index contributed by atoms with van der Waals surface area (Å²) < 4.78 is 11.4. The lowest BCUT2D eigenvalue weighted by atomic mass is 10.2. The quantitative estimate of drug-likeness (QED) is 0.755. The van der Waals surface area contributed by atoms with Gasteiger partial charge in [-0.25, -0.2) is 0 Å². The lowest BCUT2D eigenvalue weighted by molar-refractivity contribution is 0.120. The Hall–Kier alpha value is -1.18. The van der Waals surface area contributed by atoms with Crippen molar-refractivity contribution in [3.8, 4) is 11.5 Å². The molecule has 0 amide bonds. The van der Waals surface area contributed by atoms with E-state index in [1.807, 2.05) is 59.7 Å². The summed E-state index contributed by atoms with van der Waals surface area (Å²) in [5.74, 6) is 1.43. The van der Waals surface area contributed by atoms with Crippen LogP contribution in [-0.4, -0.2) is 11.2 Å². The van der Waals surface area contributed by atoms with E-state index in [4.69, 9.17) is 9.47 Å². The van der Waals surface area contributed by atoms with Crippen molar-refractivity contribution in [1.82, 2.24) is 0 Å². The molecule has 0 N–H and O–H groups in total. The lowest BCUT2D eigenvalue weighted by Crippen LogP contribution is -2.24. The van der Waals surface area contributed by atoms with Crippen LogP contribution in [0.1, 0.15) is 41.5 Å². The van der Waals surface area contributed by atoms with Crippen molar-refractivity contribution in [3.05, 3.63) is 24.3 Å². The molecule has 0 atom stereocenters. The highest BCUT2D eigenvalue weighted by Gasteiger charge is 2.15. The van der Waals surface area contributed by atoms with Gasteiger partial charge in [0.05, 0.1) is 6.07 Å². The van der Waals surface area contributed by atoms with E-state index in [-0.39, 0.29) is 11.2 Å². The molecule has 1 aromatic rings. The molecule has 0 aliphatic heterocycles. The van der Waals surface area contributed by atoms with E-state index in [0.717, 1.165) is 0 Å². The van der Waals surface area contributed by atoms with Crippen LogP contribution in [0.3, 0.4) is 0 Å². The van der Waals surface area contributed by atoms with Crippen LogP contribution in [0.4, 0.5) is 0 Å². The minimum absolute atomic E-state index is 0.211. The van der Waals surface area contributed by atoms with Gasteiger partial charge in [-0.2, -0.15) is 0 Å². The van der Waals surface area contributed by atoms with Crippen molar-refractivity contribution in [2.24, 2.45) is 0 Å². The molecule has 2 nitrogen and oxygen atoms in total. The van der Waals surface area contributed by atoms with E-state index in [2.05, 4.69) is 6.07 Å². The molecule has 2 heteroatoms. The van der Waals surface area contributed by atoms with Gasteiger partial charge in [0.15, 0.2) is 0 Å². The van der Waals surface area contributed by atoms with Gasteiger partial charge in [-0.05, 0) is 53.7 Å². The Morgan fingerprint density at radius 1 is 0.812 bits per heavy atom. The van der Waals surface area contributed by atoms with Crippen LogP contribution in [0.15, 0.2) is 18.2 Å². The minimum Gasteiger partial charge on any atom is -0.487 e. The van der Waals surface area contributed by atoms with Crippen molar-refractivity contribution in [2.45, 2.75) is 52.7 Å². The Labute approximate surface area is 98.6 Å². The minimum atomic E-state index is -0.211. The maximum absolute atomic E-state index is 5.72. The topological polar surface area (TPSA) is 18.5 Å². The molecular weight excluding hydrogens is 200 g/mol. The molecule has 0 fully saturated rings. The van der Waals surface area contributed by atoms with Gasteiger partial charge in [-0.3, -0.25) is 0 Å². The van der Waals surface area contributed by atoms with Crippen molar-refractivity contribution >= 4 is 0 Å². The second-order valence-electron chi connectivity index (χ2n) is 5.81. The predicted molar refractivity (Wildman–Crippen MR) is 66.0 cm³/mol. The molecule has 0 aliphatic carbocycles. The molecule has 0 heterocycles. The number of ether oxygens (including phenoxy) is 2. The van der Waals surface area contributed by atoms with E-state index in [9.17, 15) is 0 Å².